The highest BCUT2D eigenvalue weighted by Gasteiger charge is 2.28. The van der Waals surface area contributed by atoms with E-state index in [2.05, 4.69) is 10.00 Å². The van der Waals surface area contributed by atoms with E-state index in [0.717, 1.165) is 18.5 Å². The van der Waals surface area contributed by atoms with Gasteiger partial charge in [-0.25, -0.2) is 9.07 Å². The molecule has 1 amide bonds. The fourth-order valence-corrected chi connectivity index (χ4v) is 4.36. The van der Waals surface area contributed by atoms with Gasteiger partial charge >= 0.3 is 0 Å². The molecule has 0 saturated carbocycles. The lowest BCUT2D eigenvalue weighted by Crippen LogP contribution is -2.44. The standard InChI is InChI=1S/C22H27FN4O3/c1-15-11-16(23)4-5-20(15)22(30)26-8-2-3-17(14-26)27-21(29)12-18(13-24-27)25-9-6-19(28)7-10-25/h4-5,11-13,17,19,28H,2-3,6-10,14H2,1H3/t17-/m0/s1. The molecule has 1 aromatic carbocycles. The van der Waals surface area contributed by atoms with Crippen molar-refractivity contribution in [3.05, 3.63) is 57.8 Å². The van der Waals surface area contributed by atoms with Crippen LogP contribution in [0.4, 0.5) is 10.1 Å². The van der Waals surface area contributed by atoms with Crippen molar-refractivity contribution in [2.24, 2.45) is 0 Å². The van der Waals surface area contributed by atoms with Crippen LogP contribution < -0.4 is 10.5 Å². The molecule has 3 heterocycles. The van der Waals surface area contributed by atoms with Crippen molar-refractivity contribution in [1.82, 2.24) is 14.7 Å². The molecule has 160 valence electrons. The van der Waals surface area contributed by atoms with Crippen LogP contribution in [0, 0.1) is 12.7 Å². The second-order valence-electron chi connectivity index (χ2n) is 8.22. The SMILES string of the molecule is Cc1cc(F)ccc1C(=O)N1CCC[C@H](n2ncc(N3CCC(O)CC3)cc2=O)C1. The van der Waals surface area contributed by atoms with Crippen LogP contribution in [-0.2, 0) is 0 Å². The van der Waals surface area contributed by atoms with Gasteiger partial charge < -0.3 is 14.9 Å². The minimum Gasteiger partial charge on any atom is -0.393 e. The molecule has 7 nitrogen and oxygen atoms in total. The summed E-state index contributed by atoms with van der Waals surface area (Å²) < 4.78 is 14.9. The molecule has 0 unspecified atom stereocenters. The zero-order chi connectivity index (χ0) is 21.3. The molecule has 1 N–H and O–H groups in total. The van der Waals surface area contributed by atoms with Crippen molar-refractivity contribution in [1.29, 1.82) is 0 Å². The Hall–Kier alpha value is -2.74. The zero-order valence-electron chi connectivity index (χ0n) is 17.1. The summed E-state index contributed by atoms with van der Waals surface area (Å²) in [4.78, 5) is 29.5. The topological polar surface area (TPSA) is 78.7 Å². The number of halogens is 1. The van der Waals surface area contributed by atoms with E-state index in [1.54, 1.807) is 24.1 Å². The van der Waals surface area contributed by atoms with Gasteiger partial charge in [0.25, 0.3) is 11.5 Å². The summed E-state index contributed by atoms with van der Waals surface area (Å²) in [6, 6.07) is 5.58. The Morgan fingerprint density at radius 3 is 2.63 bits per heavy atom. The molecule has 4 rings (SSSR count). The van der Waals surface area contributed by atoms with Gasteiger partial charge in [0, 0.05) is 37.8 Å². The largest absolute Gasteiger partial charge is 0.393 e. The number of likely N-dealkylation sites (tertiary alicyclic amines) is 1. The van der Waals surface area contributed by atoms with Crippen molar-refractivity contribution in [2.75, 3.05) is 31.1 Å². The normalized spacial score (nSPS) is 20.4. The number of aliphatic hydroxyl groups is 1. The Morgan fingerprint density at radius 1 is 1.17 bits per heavy atom. The highest BCUT2D eigenvalue weighted by Crippen LogP contribution is 2.23. The lowest BCUT2D eigenvalue weighted by molar-refractivity contribution is 0.0669. The van der Waals surface area contributed by atoms with E-state index in [9.17, 15) is 19.1 Å². The highest BCUT2D eigenvalue weighted by atomic mass is 19.1. The number of aliphatic hydroxyl groups excluding tert-OH is 1. The Morgan fingerprint density at radius 2 is 1.93 bits per heavy atom. The van der Waals surface area contributed by atoms with Crippen LogP contribution >= 0.6 is 0 Å². The average Bonchev–Trinajstić information content (AvgIpc) is 2.74. The van der Waals surface area contributed by atoms with Crippen LogP contribution in [0.1, 0.15) is 47.6 Å². The summed E-state index contributed by atoms with van der Waals surface area (Å²) in [6.45, 7) is 4.14. The third-order valence-corrected chi connectivity index (χ3v) is 6.09. The van der Waals surface area contributed by atoms with Crippen molar-refractivity contribution >= 4 is 11.6 Å². The number of aromatic nitrogens is 2. The molecule has 2 fully saturated rings. The molecule has 2 aliphatic heterocycles. The summed E-state index contributed by atoms with van der Waals surface area (Å²) >= 11 is 0. The van der Waals surface area contributed by atoms with Crippen LogP contribution in [0.5, 0.6) is 0 Å². The average molecular weight is 414 g/mol. The van der Waals surface area contributed by atoms with Crippen molar-refractivity contribution in [3.63, 3.8) is 0 Å². The lowest BCUT2D eigenvalue weighted by Gasteiger charge is -2.34. The van der Waals surface area contributed by atoms with Gasteiger partial charge in [-0.1, -0.05) is 0 Å². The highest BCUT2D eigenvalue weighted by molar-refractivity contribution is 5.95. The number of hydrogen-bond donors (Lipinski definition) is 1. The summed E-state index contributed by atoms with van der Waals surface area (Å²) in [5.74, 6) is -0.506. The summed E-state index contributed by atoms with van der Waals surface area (Å²) in [5.41, 5.74) is 1.68. The van der Waals surface area contributed by atoms with Crippen LogP contribution in [0.15, 0.2) is 35.3 Å². The number of piperidine rings is 2. The van der Waals surface area contributed by atoms with E-state index >= 15 is 0 Å². The minimum atomic E-state index is -0.361. The first-order valence-corrected chi connectivity index (χ1v) is 10.5. The van der Waals surface area contributed by atoms with Gasteiger partial charge in [0.15, 0.2) is 0 Å². The van der Waals surface area contributed by atoms with Crippen LogP contribution in [0.25, 0.3) is 0 Å². The fourth-order valence-electron chi connectivity index (χ4n) is 4.36. The van der Waals surface area contributed by atoms with Crippen LogP contribution in [-0.4, -0.2) is 58.0 Å². The van der Waals surface area contributed by atoms with Gasteiger partial charge in [0.1, 0.15) is 5.82 Å². The molecular weight excluding hydrogens is 387 g/mol. The summed E-state index contributed by atoms with van der Waals surface area (Å²) in [6.07, 6.45) is 4.34. The first kappa shape index (κ1) is 20.5. The maximum absolute atomic E-state index is 13.4. The van der Waals surface area contributed by atoms with E-state index in [4.69, 9.17) is 0 Å². The van der Waals surface area contributed by atoms with Crippen molar-refractivity contribution in [3.8, 4) is 0 Å². The molecule has 8 heteroatoms. The number of hydrogen-bond acceptors (Lipinski definition) is 5. The Bertz CT molecular complexity index is 985. The molecule has 2 aliphatic rings. The van der Waals surface area contributed by atoms with Crippen LogP contribution in [0.2, 0.25) is 0 Å². The van der Waals surface area contributed by atoms with E-state index in [0.29, 0.717) is 50.1 Å². The van der Waals surface area contributed by atoms with Gasteiger partial charge in [-0.3, -0.25) is 9.59 Å². The summed E-state index contributed by atoms with van der Waals surface area (Å²) in [5, 5.41) is 14.1. The number of amides is 1. The van der Waals surface area contributed by atoms with Gasteiger partial charge in [0.2, 0.25) is 0 Å². The predicted octanol–water partition coefficient (Wildman–Crippen LogP) is 2.13. The smallest absolute Gasteiger partial charge is 0.269 e. The number of rotatable bonds is 3. The predicted molar refractivity (Wildman–Crippen MR) is 111 cm³/mol. The molecule has 2 aromatic rings. The van der Waals surface area contributed by atoms with E-state index in [-0.39, 0.29) is 29.4 Å². The number of nitrogens with zero attached hydrogens (tertiary/aromatic N) is 4. The van der Waals surface area contributed by atoms with Gasteiger partial charge in [-0.05, 0) is 56.4 Å². The molecule has 0 radical (unpaired) electrons. The lowest BCUT2D eigenvalue weighted by atomic mass is 10.0. The minimum absolute atomic E-state index is 0.145. The molecule has 1 atom stereocenters. The summed E-state index contributed by atoms with van der Waals surface area (Å²) in [7, 11) is 0. The van der Waals surface area contributed by atoms with Gasteiger partial charge in [-0.2, -0.15) is 5.10 Å². The van der Waals surface area contributed by atoms with Crippen LogP contribution in [0.3, 0.4) is 0 Å². The second kappa shape index (κ2) is 8.55. The molecule has 2 saturated heterocycles. The quantitative estimate of drug-likeness (QED) is 0.833. The van der Waals surface area contributed by atoms with Gasteiger partial charge in [0.05, 0.1) is 24.0 Å². The fraction of sp³-hybridized carbons (Fsp3) is 0.500. The first-order valence-electron chi connectivity index (χ1n) is 10.5. The molecule has 0 aliphatic carbocycles. The van der Waals surface area contributed by atoms with Crippen molar-refractivity contribution in [2.45, 2.75) is 44.8 Å². The number of carbonyl (C=O) groups excluding carboxylic acids is 1. The monoisotopic (exact) mass is 414 g/mol. The van der Waals surface area contributed by atoms with E-state index in [1.807, 2.05) is 0 Å². The Balaban J connectivity index is 1.49. The first-order chi connectivity index (χ1) is 14.4. The molecule has 1 aromatic heterocycles. The van der Waals surface area contributed by atoms with Gasteiger partial charge in [-0.15, -0.1) is 0 Å². The number of anilines is 1. The Kier molecular flexibility index (Phi) is 5.85. The maximum Gasteiger partial charge on any atom is 0.269 e. The molecule has 0 spiro atoms. The maximum atomic E-state index is 13.4. The number of aryl methyl sites for hydroxylation is 1. The Labute approximate surface area is 174 Å². The van der Waals surface area contributed by atoms with E-state index in [1.165, 1.54) is 22.9 Å². The zero-order valence-corrected chi connectivity index (χ0v) is 17.1. The number of carbonyl (C=O) groups is 1. The molecule has 0 bridgehead atoms. The molecule has 30 heavy (non-hydrogen) atoms. The van der Waals surface area contributed by atoms with Crippen molar-refractivity contribution < 1.29 is 14.3 Å². The third-order valence-electron chi connectivity index (χ3n) is 6.09. The van der Waals surface area contributed by atoms with E-state index < -0.39 is 0 Å². The molecular formula is C22H27FN4O3. The second-order valence-corrected chi connectivity index (χ2v) is 8.22. The third kappa shape index (κ3) is 4.23. The number of benzene rings is 1.